The second kappa shape index (κ2) is 9.43. The fourth-order valence-electron chi connectivity index (χ4n) is 4.58. The molecule has 1 atom stereocenters. The highest BCUT2D eigenvalue weighted by Crippen LogP contribution is 2.43. The molecule has 164 valence electrons. The second-order valence-corrected chi connectivity index (χ2v) is 10.8. The minimum absolute atomic E-state index is 0.117. The maximum Gasteiger partial charge on any atom is 0.243 e. The molecule has 0 saturated carbocycles. The lowest BCUT2D eigenvalue weighted by Gasteiger charge is -2.38. The van der Waals surface area contributed by atoms with Gasteiger partial charge in [0.1, 0.15) is 0 Å². The van der Waals surface area contributed by atoms with Gasteiger partial charge in [0.2, 0.25) is 10.0 Å². The van der Waals surface area contributed by atoms with E-state index in [2.05, 4.69) is 18.7 Å². The number of hydrogen-bond acceptors (Lipinski definition) is 5. The highest BCUT2D eigenvalue weighted by atomic mass is 32.2. The molecule has 0 bridgehead atoms. The van der Waals surface area contributed by atoms with Gasteiger partial charge in [-0.15, -0.1) is 0 Å². The van der Waals surface area contributed by atoms with Gasteiger partial charge < -0.3 is 9.47 Å². The van der Waals surface area contributed by atoms with E-state index in [1.54, 1.807) is 23.5 Å². The number of sulfonamides is 1. The summed E-state index contributed by atoms with van der Waals surface area (Å²) in [6, 6.07) is 7.70. The molecule has 6 nitrogen and oxygen atoms in total. The van der Waals surface area contributed by atoms with Gasteiger partial charge in [-0.2, -0.15) is 4.31 Å². The first-order valence-electron chi connectivity index (χ1n) is 10.7. The van der Waals surface area contributed by atoms with Gasteiger partial charge in [-0.3, -0.25) is 4.90 Å². The standard InChI is InChI=1S/C22H36N2O4S/c1-18(2)23(13-14-27-4)16-20-15-22(17-28-20)9-11-24(12-10-22)29(25,26)21-8-6-5-7-19(21)3/h5-8,18,20H,9-17H2,1-4H3. The zero-order chi connectivity index (χ0) is 21.1. The Morgan fingerprint density at radius 1 is 1.28 bits per heavy atom. The number of methoxy groups -OCH3 is 1. The summed E-state index contributed by atoms with van der Waals surface area (Å²) < 4.78 is 39.2. The molecule has 0 aliphatic carbocycles. The molecule has 7 heteroatoms. The van der Waals surface area contributed by atoms with E-state index in [4.69, 9.17) is 9.47 Å². The fraction of sp³-hybridized carbons (Fsp3) is 0.727. The van der Waals surface area contributed by atoms with Crippen LogP contribution < -0.4 is 0 Å². The lowest BCUT2D eigenvalue weighted by atomic mass is 9.77. The first-order chi connectivity index (χ1) is 13.8. The van der Waals surface area contributed by atoms with Crippen LogP contribution >= 0.6 is 0 Å². The molecule has 2 aliphatic rings. The summed E-state index contributed by atoms with van der Waals surface area (Å²) in [5, 5.41) is 0. The van der Waals surface area contributed by atoms with Crippen LogP contribution in [0.1, 0.15) is 38.7 Å². The van der Waals surface area contributed by atoms with Crippen LogP contribution in [0.2, 0.25) is 0 Å². The van der Waals surface area contributed by atoms with Gasteiger partial charge >= 0.3 is 0 Å². The number of benzene rings is 1. The van der Waals surface area contributed by atoms with E-state index in [1.165, 1.54) is 0 Å². The van der Waals surface area contributed by atoms with Gasteiger partial charge in [0.05, 0.1) is 24.2 Å². The predicted octanol–water partition coefficient (Wildman–Crippen LogP) is 2.91. The molecule has 2 aliphatic heterocycles. The van der Waals surface area contributed by atoms with E-state index >= 15 is 0 Å². The van der Waals surface area contributed by atoms with Crippen molar-refractivity contribution in [3.8, 4) is 0 Å². The quantitative estimate of drug-likeness (QED) is 0.642. The molecular weight excluding hydrogens is 388 g/mol. The van der Waals surface area contributed by atoms with Gasteiger partial charge in [0.25, 0.3) is 0 Å². The Labute approximate surface area is 176 Å². The summed E-state index contributed by atoms with van der Waals surface area (Å²) in [4.78, 5) is 2.84. The average Bonchev–Trinajstić information content (AvgIpc) is 3.07. The van der Waals surface area contributed by atoms with Gasteiger partial charge in [0, 0.05) is 39.3 Å². The van der Waals surface area contributed by atoms with Crippen molar-refractivity contribution in [2.45, 2.75) is 57.1 Å². The largest absolute Gasteiger partial charge is 0.383 e. The van der Waals surface area contributed by atoms with Crippen molar-refractivity contribution in [3.05, 3.63) is 29.8 Å². The molecule has 0 N–H and O–H groups in total. The molecular formula is C22H36N2O4S. The van der Waals surface area contributed by atoms with E-state index in [0.717, 1.165) is 51.1 Å². The minimum Gasteiger partial charge on any atom is -0.383 e. The lowest BCUT2D eigenvalue weighted by Crippen LogP contribution is -2.44. The number of piperidine rings is 1. The smallest absolute Gasteiger partial charge is 0.243 e. The van der Waals surface area contributed by atoms with Crippen molar-refractivity contribution in [1.82, 2.24) is 9.21 Å². The van der Waals surface area contributed by atoms with Crippen LogP contribution in [0.25, 0.3) is 0 Å². The Morgan fingerprint density at radius 3 is 2.59 bits per heavy atom. The van der Waals surface area contributed by atoms with Crippen molar-refractivity contribution < 1.29 is 17.9 Å². The summed E-state index contributed by atoms with van der Waals surface area (Å²) in [6.07, 6.45) is 2.97. The number of hydrogen-bond donors (Lipinski definition) is 0. The van der Waals surface area contributed by atoms with Crippen LogP contribution in [0, 0.1) is 12.3 Å². The summed E-state index contributed by atoms with van der Waals surface area (Å²) in [6.45, 7) is 10.7. The SMILES string of the molecule is COCCN(CC1CC2(CCN(S(=O)(=O)c3ccccc3C)CC2)CO1)C(C)C. The summed E-state index contributed by atoms with van der Waals surface area (Å²) in [7, 11) is -1.69. The predicted molar refractivity (Wildman–Crippen MR) is 115 cm³/mol. The van der Waals surface area contributed by atoms with Gasteiger partial charge in [-0.1, -0.05) is 18.2 Å². The molecule has 0 radical (unpaired) electrons. The van der Waals surface area contributed by atoms with Gasteiger partial charge in [-0.05, 0) is 57.1 Å². The van der Waals surface area contributed by atoms with Crippen molar-refractivity contribution in [2.75, 3.05) is 46.5 Å². The first-order valence-corrected chi connectivity index (χ1v) is 12.1. The van der Waals surface area contributed by atoms with E-state index < -0.39 is 10.0 Å². The Kier molecular flexibility index (Phi) is 7.38. The first kappa shape index (κ1) is 22.7. The molecule has 3 rings (SSSR count). The Hall–Kier alpha value is -0.990. The highest BCUT2D eigenvalue weighted by molar-refractivity contribution is 7.89. The number of aryl methyl sites for hydroxylation is 1. The maximum atomic E-state index is 13.1. The highest BCUT2D eigenvalue weighted by Gasteiger charge is 2.44. The van der Waals surface area contributed by atoms with Crippen LogP contribution in [-0.2, 0) is 19.5 Å². The molecule has 1 aromatic carbocycles. The van der Waals surface area contributed by atoms with E-state index in [-0.39, 0.29) is 11.5 Å². The Balaban J connectivity index is 1.58. The zero-order valence-electron chi connectivity index (χ0n) is 18.3. The Morgan fingerprint density at radius 2 is 1.97 bits per heavy atom. The zero-order valence-corrected chi connectivity index (χ0v) is 19.1. The van der Waals surface area contributed by atoms with Gasteiger partial charge in [0.15, 0.2) is 0 Å². The fourth-order valence-corrected chi connectivity index (χ4v) is 6.24. The van der Waals surface area contributed by atoms with Crippen molar-refractivity contribution in [1.29, 1.82) is 0 Å². The van der Waals surface area contributed by atoms with Crippen molar-refractivity contribution in [2.24, 2.45) is 5.41 Å². The van der Waals surface area contributed by atoms with E-state index in [9.17, 15) is 8.42 Å². The molecule has 2 heterocycles. The molecule has 1 unspecified atom stereocenters. The summed E-state index contributed by atoms with van der Waals surface area (Å²) in [5.74, 6) is 0. The van der Waals surface area contributed by atoms with Crippen LogP contribution in [0.3, 0.4) is 0 Å². The molecule has 0 amide bonds. The van der Waals surface area contributed by atoms with Crippen LogP contribution in [0.15, 0.2) is 29.2 Å². The van der Waals surface area contributed by atoms with Crippen LogP contribution in [-0.4, -0.2) is 76.3 Å². The van der Waals surface area contributed by atoms with E-state index in [0.29, 0.717) is 24.0 Å². The summed E-state index contributed by atoms with van der Waals surface area (Å²) >= 11 is 0. The second-order valence-electron chi connectivity index (χ2n) is 8.89. The minimum atomic E-state index is -3.42. The Bertz CT molecular complexity index is 773. The average molecular weight is 425 g/mol. The molecule has 0 aromatic heterocycles. The van der Waals surface area contributed by atoms with Crippen molar-refractivity contribution >= 4 is 10.0 Å². The molecule has 29 heavy (non-hydrogen) atoms. The van der Waals surface area contributed by atoms with Crippen molar-refractivity contribution in [3.63, 3.8) is 0 Å². The van der Waals surface area contributed by atoms with Crippen LogP contribution in [0.5, 0.6) is 0 Å². The number of rotatable bonds is 8. The van der Waals surface area contributed by atoms with E-state index in [1.807, 2.05) is 19.1 Å². The molecule has 2 fully saturated rings. The third-order valence-corrected chi connectivity index (χ3v) is 8.59. The van der Waals surface area contributed by atoms with Gasteiger partial charge in [-0.25, -0.2) is 8.42 Å². The molecule has 2 saturated heterocycles. The topological polar surface area (TPSA) is 59.1 Å². The number of nitrogens with zero attached hydrogens (tertiary/aromatic N) is 2. The third-order valence-electron chi connectivity index (χ3n) is 6.53. The van der Waals surface area contributed by atoms with Crippen LogP contribution in [0.4, 0.5) is 0 Å². The maximum absolute atomic E-state index is 13.1. The number of ether oxygens (including phenoxy) is 2. The third kappa shape index (κ3) is 5.20. The lowest BCUT2D eigenvalue weighted by molar-refractivity contribution is 0.0420. The molecule has 1 spiro atoms. The normalized spacial score (nSPS) is 22.8. The monoisotopic (exact) mass is 424 g/mol. The molecule has 1 aromatic rings. The summed E-state index contributed by atoms with van der Waals surface area (Å²) in [5.41, 5.74) is 0.925.